The smallest absolute Gasteiger partial charge is 0.345 e. The fourth-order valence-electron chi connectivity index (χ4n) is 2.09. The van der Waals surface area contributed by atoms with Gasteiger partial charge in [0.2, 0.25) is 5.06 Å². The van der Waals surface area contributed by atoms with Crippen molar-refractivity contribution in [3.63, 3.8) is 0 Å². The third kappa shape index (κ3) is 2.47. The van der Waals surface area contributed by atoms with E-state index in [0.717, 1.165) is 22.8 Å². The molecule has 0 spiro atoms. The minimum atomic E-state index is -4.40. The zero-order chi connectivity index (χ0) is 15.1. The van der Waals surface area contributed by atoms with E-state index in [1.807, 2.05) is 24.3 Å². The Morgan fingerprint density at radius 1 is 1.19 bits per heavy atom. The molecular weight excluding hydrogens is 301 g/mol. The molecule has 3 nitrogen and oxygen atoms in total. The van der Waals surface area contributed by atoms with Crippen LogP contribution in [0, 0.1) is 0 Å². The lowest BCUT2D eigenvalue weighted by Crippen LogP contribution is -2.31. The predicted octanol–water partition coefficient (Wildman–Crippen LogP) is 4.07. The summed E-state index contributed by atoms with van der Waals surface area (Å²) in [6.45, 7) is 0. The maximum absolute atomic E-state index is 12.6. The Morgan fingerprint density at radius 3 is 2.52 bits per heavy atom. The molecule has 3 rings (SSSR count). The standard InChI is InChI=1S/C14H11F3N2OS/c1-20-14(19-10-4-2-3-5-11(10)21-14)12-7-6-9(8-18-12)13(15,16)17/h2-8,19H,1H3. The highest BCUT2D eigenvalue weighted by atomic mass is 32.2. The number of ether oxygens (including phenoxy) is 1. The second kappa shape index (κ2) is 4.92. The van der Waals surface area contributed by atoms with Crippen molar-refractivity contribution in [1.29, 1.82) is 0 Å². The summed E-state index contributed by atoms with van der Waals surface area (Å²) in [5.74, 6) is 0. The van der Waals surface area contributed by atoms with Crippen molar-refractivity contribution in [3.8, 4) is 0 Å². The maximum atomic E-state index is 12.6. The molecule has 0 radical (unpaired) electrons. The Labute approximate surface area is 123 Å². The van der Waals surface area contributed by atoms with E-state index in [1.54, 1.807) is 0 Å². The van der Waals surface area contributed by atoms with Gasteiger partial charge in [0, 0.05) is 18.2 Å². The molecule has 2 heterocycles. The molecule has 2 aromatic rings. The van der Waals surface area contributed by atoms with Gasteiger partial charge < -0.3 is 10.1 Å². The lowest BCUT2D eigenvalue weighted by atomic mass is 10.2. The molecule has 1 atom stereocenters. The van der Waals surface area contributed by atoms with Crippen LogP contribution in [0.25, 0.3) is 0 Å². The van der Waals surface area contributed by atoms with E-state index >= 15 is 0 Å². The van der Waals surface area contributed by atoms with Gasteiger partial charge in [0.25, 0.3) is 0 Å². The van der Waals surface area contributed by atoms with Gasteiger partial charge in [-0.05, 0) is 24.3 Å². The van der Waals surface area contributed by atoms with Crippen molar-refractivity contribution < 1.29 is 17.9 Å². The number of anilines is 1. The first-order chi connectivity index (χ1) is 9.94. The minimum Gasteiger partial charge on any atom is -0.345 e. The van der Waals surface area contributed by atoms with Gasteiger partial charge in [-0.2, -0.15) is 13.2 Å². The molecule has 7 heteroatoms. The first-order valence-electron chi connectivity index (χ1n) is 6.10. The first kappa shape index (κ1) is 14.2. The molecular formula is C14H11F3N2OS. The van der Waals surface area contributed by atoms with E-state index < -0.39 is 16.8 Å². The fourth-order valence-corrected chi connectivity index (χ4v) is 3.24. The SMILES string of the molecule is COC1(c2ccc(C(F)(F)F)cn2)Nc2ccccc2S1. The zero-order valence-electron chi connectivity index (χ0n) is 10.9. The molecule has 21 heavy (non-hydrogen) atoms. The molecule has 1 N–H and O–H groups in total. The molecule has 0 fully saturated rings. The Morgan fingerprint density at radius 2 is 1.95 bits per heavy atom. The second-order valence-corrected chi connectivity index (χ2v) is 5.69. The highest BCUT2D eigenvalue weighted by Crippen LogP contribution is 2.50. The normalized spacial score (nSPS) is 21.0. The van der Waals surface area contributed by atoms with Crippen LogP contribution < -0.4 is 5.32 Å². The lowest BCUT2D eigenvalue weighted by Gasteiger charge is -2.26. The number of fused-ring (bicyclic) bond motifs is 1. The fraction of sp³-hybridized carbons (Fsp3) is 0.214. The molecule has 0 aliphatic carbocycles. The summed E-state index contributed by atoms with van der Waals surface area (Å²) in [5.41, 5.74) is 0.475. The van der Waals surface area contributed by atoms with Crippen molar-refractivity contribution in [2.75, 3.05) is 12.4 Å². The van der Waals surface area contributed by atoms with E-state index in [1.165, 1.54) is 24.9 Å². The van der Waals surface area contributed by atoms with Crippen LogP contribution in [0.4, 0.5) is 18.9 Å². The van der Waals surface area contributed by atoms with Crippen LogP contribution in [0.5, 0.6) is 0 Å². The lowest BCUT2D eigenvalue weighted by molar-refractivity contribution is -0.137. The van der Waals surface area contributed by atoms with Gasteiger partial charge >= 0.3 is 6.18 Å². The summed E-state index contributed by atoms with van der Waals surface area (Å²) in [5, 5.41) is 2.16. The topological polar surface area (TPSA) is 34.1 Å². The summed E-state index contributed by atoms with van der Waals surface area (Å²) in [4.78, 5) is 4.88. The number of nitrogens with zero attached hydrogens (tertiary/aromatic N) is 1. The van der Waals surface area contributed by atoms with E-state index in [-0.39, 0.29) is 0 Å². The van der Waals surface area contributed by atoms with E-state index in [4.69, 9.17) is 4.74 Å². The number of nitrogens with one attached hydrogen (secondary N) is 1. The highest BCUT2D eigenvalue weighted by Gasteiger charge is 2.42. The van der Waals surface area contributed by atoms with Crippen LogP contribution in [0.3, 0.4) is 0 Å². The van der Waals surface area contributed by atoms with Crippen molar-refractivity contribution in [1.82, 2.24) is 4.98 Å². The Balaban J connectivity index is 1.95. The monoisotopic (exact) mass is 312 g/mol. The van der Waals surface area contributed by atoms with Crippen LogP contribution >= 0.6 is 11.8 Å². The molecule has 0 saturated heterocycles. The molecule has 0 amide bonds. The second-order valence-electron chi connectivity index (χ2n) is 4.47. The number of rotatable bonds is 2. The van der Waals surface area contributed by atoms with Crippen LogP contribution in [-0.4, -0.2) is 12.1 Å². The molecule has 1 aromatic carbocycles. The average Bonchev–Trinajstić information content (AvgIpc) is 2.86. The minimum absolute atomic E-state index is 0.388. The number of pyridine rings is 1. The zero-order valence-corrected chi connectivity index (χ0v) is 11.8. The molecule has 0 bridgehead atoms. The molecule has 1 unspecified atom stereocenters. The summed E-state index contributed by atoms with van der Waals surface area (Å²) < 4.78 is 43.3. The molecule has 1 aromatic heterocycles. The van der Waals surface area contributed by atoms with Crippen molar-refractivity contribution in [3.05, 3.63) is 53.9 Å². The van der Waals surface area contributed by atoms with Crippen molar-refractivity contribution in [2.45, 2.75) is 16.1 Å². The Kier molecular flexibility index (Phi) is 3.33. The number of para-hydroxylation sites is 1. The summed E-state index contributed by atoms with van der Waals surface area (Å²) in [6.07, 6.45) is -3.58. The van der Waals surface area contributed by atoms with Crippen LogP contribution in [-0.2, 0) is 16.0 Å². The molecule has 1 aliphatic heterocycles. The highest BCUT2D eigenvalue weighted by molar-refractivity contribution is 8.00. The number of hydrogen-bond donors (Lipinski definition) is 1. The van der Waals surface area contributed by atoms with Gasteiger partial charge in [0.05, 0.1) is 11.3 Å². The van der Waals surface area contributed by atoms with Gasteiger partial charge in [0.15, 0.2) is 0 Å². The van der Waals surface area contributed by atoms with Crippen molar-refractivity contribution in [2.24, 2.45) is 0 Å². The Bertz CT molecular complexity index is 633. The molecule has 1 aliphatic rings. The van der Waals surface area contributed by atoms with Gasteiger partial charge in [-0.25, -0.2) is 0 Å². The third-order valence-corrected chi connectivity index (χ3v) is 4.50. The van der Waals surface area contributed by atoms with Gasteiger partial charge in [-0.3, -0.25) is 4.98 Å². The van der Waals surface area contributed by atoms with Gasteiger partial charge in [-0.1, -0.05) is 23.9 Å². The first-order valence-corrected chi connectivity index (χ1v) is 6.91. The largest absolute Gasteiger partial charge is 0.417 e. The molecule has 0 saturated carbocycles. The maximum Gasteiger partial charge on any atom is 0.417 e. The van der Waals surface area contributed by atoms with Crippen LogP contribution in [0.2, 0.25) is 0 Å². The summed E-state index contributed by atoms with van der Waals surface area (Å²) in [7, 11) is 1.49. The number of aromatic nitrogens is 1. The van der Waals surface area contributed by atoms with E-state index in [0.29, 0.717) is 5.69 Å². The van der Waals surface area contributed by atoms with Gasteiger partial charge in [-0.15, -0.1) is 0 Å². The number of benzene rings is 1. The molecule has 110 valence electrons. The summed E-state index contributed by atoms with van der Waals surface area (Å²) >= 11 is 1.37. The van der Waals surface area contributed by atoms with Crippen LogP contribution in [0.1, 0.15) is 11.3 Å². The Hall–Kier alpha value is -1.73. The number of alkyl halides is 3. The quantitative estimate of drug-likeness (QED) is 0.906. The third-order valence-electron chi connectivity index (χ3n) is 3.16. The van der Waals surface area contributed by atoms with Crippen molar-refractivity contribution >= 4 is 17.4 Å². The van der Waals surface area contributed by atoms with E-state index in [9.17, 15) is 13.2 Å². The number of methoxy groups -OCH3 is 1. The average molecular weight is 312 g/mol. The predicted molar refractivity (Wildman–Crippen MR) is 73.8 cm³/mol. The van der Waals surface area contributed by atoms with Crippen LogP contribution in [0.15, 0.2) is 47.5 Å². The number of hydrogen-bond acceptors (Lipinski definition) is 4. The number of thioether (sulfide) groups is 1. The van der Waals surface area contributed by atoms with E-state index in [2.05, 4.69) is 10.3 Å². The summed E-state index contributed by atoms with van der Waals surface area (Å²) in [6, 6.07) is 9.90. The number of halogens is 3. The van der Waals surface area contributed by atoms with Gasteiger partial charge in [0.1, 0.15) is 5.69 Å².